The van der Waals surface area contributed by atoms with E-state index in [2.05, 4.69) is 21.2 Å². The predicted molar refractivity (Wildman–Crippen MR) is 159 cm³/mol. The SMILES string of the molecule is CC[C@@H](C)NC(=O)[C@@H](C)N(Cc1ccc(Br)cc1)C(=O)CN(c1cccc(Cl)c1)S(=O)(=O)c1ccc(Cl)cc1. The number of carbonyl (C=O) groups excluding carboxylic acids is 2. The molecule has 0 aliphatic rings. The summed E-state index contributed by atoms with van der Waals surface area (Å²) >= 11 is 15.6. The fourth-order valence-electron chi connectivity index (χ4n) is 3.73. The van der Waals surface area contributed by atoms with E-state index in [4.69, 9.17) is 23.2 Å². The van der Waals surface area contributed by atoms with E-state index in [1.165, 1.54) is 35.2 Å². The van der Waals surface area contributed by atoms with Crippen molar-refractivity contribution >= 4 is 66.7 Å². The van der Waals surface area contributed by atoms with Gasteiger partial charge < -0.3 is 10.2 Å². The van der Waals surface area contributed by atoms with E-state index in [0.29, 0.717) is 10.0 Å². The van der Waals surface area contributed by atoms with Gasteiger partial charge in [-0.3, -0.25) is 13.9 Å². The van der Waals surface area contributed by atoms with E-state index < -0.39 is 28.5 Å². The number of nitrogens with one attached hydrogen (secondary N) is 1. The minimum atomic E-state index is -4.20. The quantitative estimate of drug-likeness (QED) is 0.264. The lowest BCUT2D eigenvalue weighted by atomic mass is 10.1. The van der Waals surface area contributed by atoms with Gasteiger partial charge in [0.15, 0.2) is 0 Å². The lowest BCUT2D eigenvalue weighted by Gasteiger charge is -2.32. The summed E-state index contributed by atoms with van der Waals surface area (Å²) in [5.74, 6) is -0.882. The van der Waals surface area contributed by atoms with Gasteiger partial charge in [-0.25, -0.2) is 8.42 Å². The van der Waals surface area contributed by atoms with Gasteiger partial charge in [-0.05, 0) is 80.4 Å². The number of nitrogens with zero attached hydrogens (tertiary/aromatic N) is 2. The van der Waals surface area contributed by atoms with Crippen molar-refractivity contribution < 1.29 is 18.0 Å². The van der Waals surface area contributed by atoms with Gasteiger partial charge in [0.25, 0.3) is 10.0 Å². The van der Waals surface area contributed by atoms with Gasteiger partial charge in [0.2, 0.25) is 11.8 Å². The maximum Gasteiger partial charge on any atom is 0.264 e. The van der Waals surface area contributed by atoms with E-state index in [-0.39, 0.29) is 29.1 Å². The molecule has 0 saturated heterocycles. The molecule has 11 heteroatoms. The first-order valence-electron chi connectivity index (χ1n) is 12.3. The molecule has 3 aromatic carbocycles. The Hall–Kier alpha value is -2.59. The highest BCUT2D eigenvalue weighted by molar-refractivity contribution is 9.10. The van der Waals surface area contributed by atoms with Gasteiger partial charge >= 0.3 is 0 Å². The minimum Gasteiger partial charge on any atom is -0.352 e. The molecule has 0 spiro atoms. The number of benzene rings is 3. The molecule has 208 valence electrons. The van der Waals surface area contributed by atoms with Crippen molar-refractivity contribution in [3.05, 3.63) is 92.9 Å². The van der Waals surface area contributed by atoms with Crippen molar-refractivity contribution in [2.45, 2.75) is 50.7 Å². The third kappa shape index (κ3) is 8.20. The standard InChI is InChI=1S/C28H30BrCl2N3O4S/c1-4-19(2)32-28(36)20(3)33(17-21-8-10-22(29)11-9-21)27(35)18-34(25-7-5-6-24(31)16-25)39(37,38)26-14-12-23(30)13-15-26/h5-16,19-20H,4,17-18H2,1-3H3,(H,32,36)/t19-,20-/m1/s1. The largest absolute Gasteiger partial charge is 0.352 e. The lowest BCUT2D eigenvalue weighted by Crippen LogP contribution is -2.52. The molecule has 2 amide bonds. The number of hydrogen-bond acceptors (Lipinski definition) is 4. The third-order valence-electron chi connectivity index (χ3n) is 6.21. The summed E-state index contributed by atoms with van der Waals surface area (Å²) in [5, 5.41) is 3.60. The Labute approximate surface area is 248 Å². The van der Waals surface area contributed by atoms with Crippen LogP contribution in [0.5, 0.6) is 0 Å². The Morgan fingerprint density at radius 3 is 2.18 bits per heavy atom. The number of sulfonamides is 1. The van der Waals surface area contributed by atoms with Gasteiger partial charge in [0.1, 0.15) is 12.6 Å². The van der Waals surface area contributed by atoms with E-state index in [9.17, 15) is 18.0 Å². The van der Waals surface area contributed by atoms with E-state index in [1.54, 1.807) is 25.1 Å². The molecule has 0 unspecified atom stereocenters. The summed E-state index contributed by atoms with van der Waals surface area (Å²) in [6.45, 7) is 5.01. The molecular weight excluding hydrogens is 625 g/mol. The average Bonchev–Trinajstić information content (AvgIpc) is 2.90. The Morgan fingerprint density at radius 2 is 1.59 bits per heavy atom. The van der Waals surface area contributed by atoms with Crippen LogP contribution in [0.4, 0.5) is 5.69 Å². The van der Waals surface area contributed by atoms with Crippen LogP contribution in [0.25, 0.3) is 0 Å². The number of amides is 2. The van der Waals surface area contributed by atoms with Crippen LogP contribution in [0.15, 0.2) is 82.2 Å². The zero-order chi connectivity index (χ0) is 28.7. The van der Waals surface area contributed by atoms with Gasteiger partial charge in [-0.1, -0.05) is 64.3 Å². The monoisotopic (exact) mass is 653 g/mol. The van der Waals surface area contributed by atoms with E-state index in [0.717, 1.165) is 20.8 Å². The lowest BCUT2D eigenvalue weighted by molar-refractivity contribution is -0.139. The summed E-state index contributed by atoms with van der Waals surface area (Å²) in [7, 11) is -4.20. The minimum absolute atomic E-state index is 0.0401. The highest BCUT2D eigenvalue weighted by Crippen LogP contribution is 2.27. The van der Waals surface area contributed by atoms with Crippen molar-refractivity contribution in [3.63, 3.8) is 0 Å². The van der Waals surface area contributed by atoms with Crippen LogP contribution >= 0.6 is 39.1 Å². The zero-order valence-electron chi connectivity index (χ0n) is 21.8. The molecule has 7 nitrogen and oxygen atoms in total. The van der Waals surface area contributed by atoms with Crippen molar-refractivity contribution in [1.29, 1.82) is 0 Å². The number of carbonyl (C=O) groups is 2. The fourth-order valence-corrected chi connectivity index (χ4v) is 5.71. The van der Waals surface area contributed by atoms with Crippen LogP contribution < -0.4 is 9.62 Å². The summed E-state index contributed by atoms with van der Waals surface area (Å²) in [6.07, 6.45) is 0.723. The molecule has 0 aliphatic heterocycles. The van der Waals surface area contributed by atoms with Crippen LogP contribution in [0.3, 0.4) is 0 Å². The summed E-state index contributed by atoms with van der Waals surface area (Å²) in [6, 6.07) is 18.3. The van der Waals surface area contributed by atoms with Crippen LogP contribution in [-0.4, -0.2) is 43.8 Å². The second kappa shape index (κ2) is 13.7. The first kappa shape index (κ1) is 30.9. The maximum absolute atomic E-state index is 13.9. The molecule has 3 aromatic rings. The normalized spacial score (nSPS) is 12.9. The maximum atomic E-state index is 13.9. The van der Waals surface area contributed by atoms with Crippen molar-refractivity contribution in [1.82, 2.24) is 10.2 Å². The Morgan fingerprint density at radius 1 is 0.949 bits per heavy atom. The molecule has 0 bridgehead atoms. The highest BCUT2D eigenvalue weighted by Gasteiger charge is 2.33. The predicted octanol–water partition coefficient (Wildman–Crippen LogP) is 6.28. The molecule has 0 aliphatic carbocycles. The van der Waals surface area contributed by atoms with Gasteiger partial charge in [-0.15, -0.1) is 0 Å². The number of rotatable bonds is 11. The molecule has 1 N–H and O–H groups in total. The number of anilines is 1. The van der Waals surface area contributed by atoms with Crippen LogP contribution in [0.2, 0.25) is 10.0 Å². The zero-order valence-corrected chi connectivity index (χ0v) is 25.7. The molecule has 0 saturated carbocycles. The molecule has 39 heavy (non-hydrogen) atoms. The topological polar surface area (TPSA) is 86.8 Å². The summed E-state index contributed by atoms with van der Waals surface area (Å²) in [5.41, 5.74) is 0.996. The Balaban J connectivity index is 2.02. The van der Waals surface area contributed by atoms with E-state index in [1.807, 2.05) is 38.1 Å². The van der Waals surface area contributed by atoms with Crippen molar-refractivity contribution in [2.24, 2.45) is 0 Å². The second-order valence-corrected chi connectivity index (χ2v) is 12.7. The first-order chi connectivity index (χ1) is 18.4. The molecule has 0 radical (unpaired) electrons. The molecule has 0 fully saturated rings. The smallest absolute Gasteiger partial charge is 0.264 e. The second-order valence-electron chi connectivity index (χ2n) is 9.09. The van der Waals surface area contributed by atoms with Gasteiger partial charge in [-0.2, -0.15) is 0 Å². The fraction of sp³-hybridized carbons (Fsp3) is 0.286. The van der Waals surface area contributed by atoms with Crippen LogP contribution in [0, 0.1) is 0 Å². The first-order valence-corrected chi connectivity index (χ1v) is 15.3. The van der Waals surface area contributed by atoms with E-state index >= 15 is 0 Å². The number of halogens is 3. The van der Waals surface area contributed by atoms with Gasteiger partial charge in [0, 0.05) is 27.1 Å². The summed E-state index contributed by atoms with van der Waals surface area (Å²) in [4.78, 5) is 28.3. The Kier molecular flexibility index (Phi) is 10.8. The average molecular weight is 655 g/mol. The summed E-state index contributed by atoms with van der Waals surface area (Å²) < 4.78 is 29.4. The Bertz CT molecular complexity index is 1400. The molecule has 0 heterocycles. The van der Waals surface area contributed by atoms with Crippen LogP contribution in [0.1, 0.15) is 32.8 Å². The van der Waals surface area contributed by atoms with Crippen molar-refractivity contribution in [2.75, 3.05) is 10.8 Å². The number of hydrogen-bond donors (Lipinski definition) is 1. The molecule has 2 atom stereocenters. The molecule has 3 rings (SSSR count). The molecule has 0 aromatic heterocycles. The van der Waals surface area contributed by atoms with Crippen molar-refractivity contribution in [3.8, 4) is 0 Å². The van der Waals surface area contributed by atoms with Gasteiger partial charge in [0.05, 0.1) is 10.6 Å². The van der Waals surface area contributed by atoms with Crippen LogP contribution in [-0.2, 0) is 26.2 Å². The molecular formula is C28H30BrCl2N3O4S. The third-order valence-corrected chi connectivity index (χ3v) is 9.02. The highest BCUT2D eigenvalue weighted by atomic mass is 79.9.